The lowest BCUT2D eigenvalue weighted by atomic mass is 9.88. The highest BCUT2D eigenvalue weighted by Gasteiger charge is 2.27. The first-order valence-electron chi connectivity index (χ1n) is 6.13. The summed E-state index contributed by atoms with van der Waals surface area (Å²) in [6.07, 6.45) is 3.45. The molecule has 0 radical (unpaired) electrons. The van der Waals surface area contributed by atoms with E-state index < -0.39 is 0 Å². The van der Waals surface area contributed by atoms with Gasteiger partial charge in [0.2, 0.25) is 5.91 Å². The normalized spacial score (nSPS) is 11.3. The highest BCUT2D eigenvalue weighted by molar-refractivity contribution is 5.81. The van der Waals surface area contributed by atoms with Gasteiger partial charge in [0.1, 0.15) is 0 Å². The second kappa shape index (κ2) is 5.80. The van der Waals surface area contributed by atoms with Crippen molar-refractivity contribution in [1.82, 2.24) is 9.88 Å². The second-order valence-electron chi connectivity index (χ2n) is 5.04. The van der Waals surface area contributed by atoms with Crippen LogP contribution in [0.3, 0.4) is 0 Å². The van der Waals surface area contributed by atoms with Crippen LogP contribution in [0.25, 0.3) is 0 Å². The van der Waals surface area contributed by atoms with Crippen LogP contribution >= 0.6 is 0 Å². The van der Waals surface area contributed by atoms with Gasteiger partial charge in [-0.2, -0.15) is 0 Å². The molecule has 0 N–H and O–H groups in total. The molecule has 0 fully saturated rings. The average Bonchev–Trinajstić information content (AvgIpc) is 2.36. The molecule has 0 aliphatic carbocycles. The zero-order valence-electron chi connectivity index (χ0n) is 11.2. The quantitative estimate of drug-likeness (QED) is 0.784. The topological polar surface area (TPSA) is 33.2 Å². The van der Waals surface area contributed by atoms with Crippen LogP contribution in [0.1, 0.15) is 32.9 Å². The number of rotatable bonds is 5. The van der Waals surface area contributed by atoms with Gasteiger partial charge in [-0.1, -0.05) is 26.8 Å². The van der Waals surface area contributed by atoms with E-state index in [1.54, 1.807) is 11.1 Å². The average molecular weight is 234 g/mol. The summed E-state index contributed by atoms with van der Waals surface area (Å²) < 4.78 is 0. The number of pyridine rings is 1. The van der Waals surface area contributed by atoms with Gasteiger partial charge in [0.25, 0.3) is 0 Å². The van der Waals surface area contributed by atoms with Gasteiger partial charge in [-0.05, 0) is 18.6 Å². The molecule has 0 spiro atoms. The van der Waals surface area contributed by atoms with Gasteiger partial charge in [-0.3, -0.25) is 9.78 Å². The third-order valence-corrected chi connectivity index (χ3v) is 3.24. The van der Waals surface area contributed by atoms with Crippen molar-refractivity contribution in [3.63, 3.8) is 0 Å². The van der Waals surface area contributed by atoms with Crippen molar-refractivity contribution in [3.05, 3.63) is 30.1 Å². The fourth-order valence-corrected chi connectivity index (χ4v) is 1.60. The Labute approximate surface area is 104 Å². The molecule has 0 atom stereocenters. The van der Waals surface area contributed by atoms with Crippen LogP contribution in [0.4, 0.5) is 0 Å². The van der Waals surface area contributed by atoms with E-state index in [9.17, 15) is 4.79 Å². The van der Waals surface area contributed by atoms with E-state index in [0.717, 1.165) is 25.1 Å². The lowest BCUT2D eigenvalue weighted by Crippen LogP contribution is -2.39. The predicted molar refractivity (Wildman–Crippen MR) is 69.7 cm³/mol. The predicted octanol–water partition coefficient (Wildman–Crippen LogP) is 2.52. The molecule has 0 saturated heterocycles. The van der Waals surface area contributed by atoms with Gasteiger partial charge in [0, 0.05) is 37.3 Å². The summed E-state index contributed by atoms with van der Waals surface area (Å²) in [7, 11) is 1.86. The smallest absolute Gasteiger partial charge is 0.227 e. The summed E-state index contributed by atoms with van der Waals surface area (Å²) in [6, 6.07) is 5.86. The first kappa shape index (κ1) is 13.7. The monoisotopic (exact) mass is 234 g/mol. The van der Waals surface area contributed by atoms with Crippen molar-refractivity contribution in [2.24, 2.45) is 5.41 Å². The molecule has 1 heterocycles. The zero-order valence-corrected chi connectivity index (χ0v) is 11.2. The largest absolute Gasteiger partial charge is 0.345 e. The van der Waals surface area contributed by atoms with Crippen LogP contribution in [0.5, 0.6) is 0 Å². The zero-order chi connectivity index (χ0) is 12.9. The first-order valence-corrected chi connectivity index (χ1v) is 6.13. The molecule has 0 aliphatic rings. The van der Waals surface area contributed by atoms with Crippen LogP contribution in [0, 0.1) is 5.41 Å². The Hall–Kier alpha value is -1.38. The number of carbonyl (C=O) groups excluding carboxylic acids is 1. The molecular weight excluding hydrogens is 212 g/mol. The highest BCUT2D eigenvalue weighted by Crippen LogP contribution is 2.22. The maximum Gasteiger partial charge on any atom is 0.227 e. The third kappa shape index (κ3) is 3.84. The van der Waals surface area contributed by atoms with Crippen LogP contribution < -0.4 is 0 Å². The molecular formula is C14H22N2O. The van der Waals surface area contributed by atoms with Crippen molar-refractivity contribution in [3.8, 4) is 0 Å². The Morgan fingerprint density at radius 3 is 2.65 bits per heavy atom. The van der Waals surface area contributed by atoms with Crippen molar-refractivity contribution >= 4 is 5.91 Å². The standard InChI is InChI=1S/C14H22N2O/c1-5-14(2,3)13(17)16(4)11-9-12-8-6-7-10-15-12/h6-8,10H,5,9,11H2,1-4H3. The maximum absolute atomic E-state index is 12.1. The lowest BCUT2D eigenvalue weighted by molar-refractivity contribution is -0.139. The SMILES string of the molecule is CCC(C)(C)C(=O)N(C)CCc1ccccn1. The Morgan fingerprint density at radius 2 is 2.12 bits per heavy atom. The number of carbonyl (C=O) groups is 1. The summed E-state index contributed by atoms with van der Waals surface area (Å²) in [6.45, 7) is 6.75. The second-order valence-corrected chi connectivity index (χ2v) is 5.04. The van der Waals surface area contributed by atoms with Crippen molar-refractivity contribution < 1.29 is 4.79 Å². The van der Waals surface area contributed by atoms with Crippen molar-refractivity contribution in [2.75, 3.05) is 13.6 Å². The van der Waals surface area contributed by atoms with E-state index in [2.05, 4.69) is 4.98 Å². The Bertz CT molecular complexity index is 360. The maximum atomic E-state index is 12.1. The van der Waals surface area contributed by atoms with Gasteiger partial charge in [-0.15, -0.1) is 0 Å². The van der Waals surface area contributed by atoms with Crippen molar-refractivity contribution in [2.45, 2.75) is 33.6 Å². The molecule has 0 unspecified atom stereocenters. The van der Waals surface area contributed by atoms with E-state index in [1.807, 2.05) is 46.0 Å². The van der Waals surface area contributed by atoms with Gasteiger partial charge in [0.15, 0.2) is 0 Å². The number of likely N-dealkylation sites (N-methyl/N-ethyl adjacent to an activating group) is 1. The van der Waals surface area contributed by atoms with E-state index >= 15 is 0 Å². The molecule has 1 rings (SSSR count). The fraction of sp³-hybridized carbons (Fsp3) is 0.571. The molecule has 0 saturated carbocycles. The number of nitrogens with zero attached hydrogens (tertiary/aromatic N) is 2. The molecule has 17 heavy (non-hydrogen) atoms. The molecule has 0 bridgehead atoms. The number of amides is 1. The summed E-state index contributed by atoms with van der Waals surface area (Å²) >= 11 is 0. The summed E-state index contributed by atoms with van der Waals surface area (Å²) in [5.41, 5.74) is 0.764. The fourth-order valence-electron chi connectivity index (χ4n) is 1.60. The lowest BCUT2D eigenvalue weighted by Gasteiger charge is -2.28. The molecule has 0 aromatic carbocycles. The molecule has 3 heteroatoms. The van der Waals surface area contributed by atoms with E-state index in [0.29, 0.717) is 0 Å². The highest BCUT2D eigenvalue weighted by atomic mass is 16.2. The van der Waals surface area contributed by atoms with Gasteiger partial charge < -0.3 is 4.90 Å². The van der Waals surface area contributed by atoms with Crippen molar-refractivity contribution in [1.29, 1.82) is 0 Å². The van der Waals surface area contributed by atoms with Crippen LogP contribution in [0.15, 0.2) is 24.4 Å². The van der Waals surface area contributed by atoms with Gasteiger partial charge >= 0.3 is 0 Å². The van der Waals surface area contributed by atoms with E-state index in [1.165, 1.54) is 0 Å². The summed E-state index contributed by atoms with van der Waals surface area (Å²) in [5, 5.41) is 0. The molecule has 94 valence electrons. The molecule has 1 aromatic heterocycles. The first-order chi connectivity index (χ1) is 7.97. The van der Waals surface area contributed by atoms with Crippen LogP contribution in [-0.4, -0.2) is 29.4 Å². The molecule has 0 aliphatic heterocycles. The minimum Gasteiger partial charge on any atom is -0.345 e. The summed E-state index contributed by atoms with van der Waals surface area (Å²) in [5.74, 6) is 0.205. The number of aromatic nitrogens is 1. The van der Waals surface area contributed by atoms with E-state index in [4.69, 9.17) is 0 Å². The van der Waals surface area contributed by atoms with E-state index in [-0.39, 0.29) is 11.3 Å². The van der Waals surface area contributed by atoms with Gasteiger partial charge in [-0.25, -0.2) is 0 Å². The van der Waals surface area contributed by atoms with Crippen LogP contribution in [0.2, 0.25) is 0 Å². The molecule has 3 nitrogen and oxygen atoms in total. The Kier molecular flexibility index (Phi) is 4.67. The summed E-state index contributed by atoms with van der Waals surface area (Å²) in [4.78, 5) is 18.2. The number of hydrogen-bond donors (Lipinski definition) is 0. The Morgan fingerprint density at radius 1 is 1.41 bits per heavy atom. The van der Waals surface area contributed by atoms with Gasteiger partial charge in [0.05, 0.1) is 0 Å². The molecule has 1 amide bonds. The third-order valence-electron chi connectivity index (χ3n) is 3.24. The minimum absolute atomic E-state index is 0.205. The minimum atomic E-state index is -0.265. The Balaban J connectivity index is 2.50. The molecule has 1 aromatic rings. The van der Waals surface area contributed by atoms with Crippen LogP contribution in [-0.2, 0) is 11.2 Å². The number of hydrogen-bond acceptors (Lipinski definition) is 2.